The molecule has 0 bridgehead atoms. The summed E-state index contributed by atoms with van der Waals surface area (Å²) in [6, 6.07) is 14.3. The van der Waals surface area contributed by atoms with E-state index in [9.17, 15) is 9.59 Å². The summed E-state index contributed by atoms with van der Waals surface area (Å²) in [4.78, 5) is 25.6. The van der Waals surface area contributed by atoms with Gasteiger partial charge in [-0.15, -0.1) is 21.5 Å². The van der Waals surface area contributed by atoms with Crippen molar-refractivity contribution in [3.05, 3.63) is 69.0 Å². The highest BCUT2D eigenvalue weighted by Crippen LogP contribution is 2.42. The maximum atomic E-state index is 13.0. The third-order valence-electron chi connectivity index (χ3n) is 4.92. The van der Waals surface area contributed by atoms with E-state index in [1.165, 1.54) is 18.4 Å². The SMILES string of the molecule is CCc1nnc([C@H]2C(=N)S/C(=C\c3ccc(OCC(=O)Nc4ccccc4)c(OC)c3)C2=O)s1. The van der Waals surface area contributed by atoms with Crippen LogP contribution in [0.2, 0.25) is 0 Å². The van der Waals surface area contributed by atoms with E-state index in [1.54, 1.807) is 36.4 Å². The Bertz CT molecular complexity index is 1260. The molecule has 1 aliphatic heterocycles. The molecule has 34 heavy (non-hydrogen) atoms. The summed E-state index contributed by atoms with van der Waals surface area (Å²) in [5.41, 5.74) is 1.40. The minimum absolute atomic E-state index is 0.161. The molecule has 10 heteroatoms. The zero-order chi connectivity index (χ0) is 24.1. The van der Waals surface area contributed by atoms with Gasteiger partial charge in [0.25, 0.3) is 5.91 Å². The van der Waals surface area contributed by atoms with Crippen molar-refractivity contribution < 1.29 is 19.1 Å². The Morgan fingerprint density at radius 3 is 2.68 bits per heavy atom. The molecule has 1 amide bonds. The van der Waals surface area contributed by atoms with Crippen molar-refractivity contribution in [1.29, 1.82) is 5.41 Å². The Hall–Kier alpha value is -3.50. The summed E-state index contributed by atoms with van der Waals surface area (Å²) in [6.45, 7) is 1.79. The second-order valence-corrected chi connectivity index (χ2v) is 9.45. The topological polar surface area (TPSA) is 114 Å². The molecule has 1 aromatic heterocycles. The van der Waals surface area contributed by atoms with Gasteiger partial charge in [-0.05, 0) is 42.3 Å². The van der Waals surface area contributed by atoms with E-state index in [4.69, 9.17) is 14.9 Å². The van der Waals surface area contributed by atoms with Crippen LogP contribution in [-0.2, 0) is 16.0 Å². The van der Waals surface area contributed by atoms with Crippen LogP contribution in [-0.4, -0.2) is 40.6 Å². The van der Waals surface area contributed by atoms with Crippen molar-refractivity contribution in [3.8, 4) is 11.5 Å². The molecule has 1 fully saturated rings. The number of benzene rings is 2. The molecule has 1 saturated heterocycles. The molecule has 0 radical (unpaired) electrons. The number of thioether (sulfide) groups is 1. The van der Waals surface area contributed by atoms with Crippen molar-refractivity contribution in [2.24, 2.45) is 0 Å². The smallest absolute Gasteiger partial charge is 0.262 e. The molecule has 0 aliphatic carbocycles. The number of nitrogens with zero attached hydrogens (tertiary/aromatic N) is 2. The number of ketones is 1. The van der Waals surface area contributed by atoms with Crippen LogP contribution in [0.1, 0.15) is 28.4 Å². The number of aromatic nitrogens is 2. The van der Waals surface area contributed by atoms with Crippen LogP contribution < -0.4 is 14.8 Å². The Labute approximate surface area is 204 Å². The van der Waals surface area contributed by atoms with Crippen LogP contribution in [0.3, 0.4) is 0 Å². The van der Waals surface area contributed by atoms with E-state index in [0.29, 0.717) is 32.7 Å². The highest BCUT2D eigenvalue weighted by molar-refractivity contribution is 8.19. The number of Topliss-reactive ketones (excluding diaryl/α,β-unsaturated/α-hetero) is 1. The molecule has 2 aromatic carbocycles. The predicted molar refractivity (Wildman–Crippen MR) is 134 cm³/mol. The fourth-order valence-electron chi connectivity index (χ4n) is 3.25. The minimum atomic E-state index is -0.693. The largest absolute Gasteiger partial charge is 0.493 e. The lowest BCUT2D eigenvalue weighted by atomic mass is 10.1. The molecule has 3 aromatic rings. The van der Waals surface area contributed by atoms with Gasteiger partial charge in [0.2, 0.25) is 0 Å². The Kier molecular flexibility index (Phi) is 7.39. The number of allylic oxidation sites excluding steroid dienone is 1. The molecule has 4 rings (SSSR count). The molecule has 0 unspecified atom stereocenters. The second kappa shape index (κ2) is 10.6. The Morgan fingerprint density at radius 2 is 1.97 bits per heavy atom. The summed E-state index contributed by atoms with van der Waals surface area (Å²) in [5, 5.41) is 20.9. The third-order valence-corrected chi connectivity index (χ3v) is 7.05. The van der Waals surface area contributed by atoms with Gasteiger partial charge in [-0.3, -0.25) is 15.0 Å². The van der Waals surface area contributed by atoms with Crippen LogP contribution in [0.15, 0.2) is 53.4 Å². The van der Waals surface area contributed by atoms with Gasteiger partial charge >= 0.3 is 0 Å². The number of anilines is 1. The Morgan fingerprint density at radius 1 is 1.18 bits per heavy atom. The molecule has 8 nitrogen and oxygen atoms in total. The normalized spacial score (nSPS) is 16.6. The first kappa shape index (κ1) is 23.7. The fourth-order valence-corrected chi connectivity index (χ4v) is 5.20. The lowest BCUT2D eigenvalue weighted by molar-refractivity contribution is -0.118. The lowest BCUT2D eigenvalue weighted by Crippen LogP contribution is -2.20. The maximum absolute atomic E-state index is 13.0. The number of methoxy groups -OCH3 is 1. The second-order valence-electron chi connectivity index (χ2n) is 7.27. The van der Waals surface area contributed by atoms with Gasteiger partial charge in [0, 0.05) is 5.69 Å². The number of carbonyl (C=O) groups is 2. The standard InChI is InChI=1S/C24H22N4O4S2/c1-3-20-27-28-24(34-20)21-22(30)18(33-23(21)25)12-14-9-10-16(17(11-14)31-2)32-13-19(29)26-15-7-5-4-6-8-15/h4-12,21,25H,3,13H2,1-2H3,(H,26,29)/b18-12-,25-23?/t21-/m1/s1. The van der Waals surface area contributed by atoms with Crippen LogP contribution >= 0.6 is 23.1 Å². The van der Waals surface area contributed by atoms with E-state index < -0.39 is 5.92 Å². The monoisotopic (exact) mass is 494 g/mol. The molecule has 1 aliphatic rings. The zero-order valence-electron chi connectivity index (χ0n) is 18.5. The number of ether oxygens (including phenoxy) is 2. The summed E-state index contributed by atoms with van der Waals surface area (Å²) < 4.78 is 11.1. The van der Waals surface area contributed by atoms with Gasteiger partial charge in [0.05, 0.1) is 17.1 Å². The van der Waals surface area contributed by atoms with Crippen LogP contribution in [0.4, 0.5) is 5.69 Å². The molecule has 0 spiro atoms. The molecule has 174 valence electrons. The quantitative estimate of drug-likeness (QED) is 0.442. The number of rotatable bonds is 8. The summed E-state index contributed by atoms with van der Waals surface area (Å²) in [7, 11) is 1.51. The van der Waals surface area contributed by atoms with Gasteiger partial charge in [-0.2, -0.15) is 0 Å². The predicted octanol–water partition coefficient (Wildman–Crippen LogP) is 4.54. The number of nitrogens with one attached hydrogen (secondary N) is 2. The van der Waals surface area contributed by atoms with E-state index in [0.717, 1.165) is 23.2 Å². The summed E-state index contributed by atoms with van der Waals surface area (Å²) in [5.74, 6) is -0.308. The highest BCUT2D eigenvalue weighted by Gasteiger charge is 2.39. The molecule has 2 N–H and O–H groups in total. The van der Waals surface area contributed by atoms with Crippen LogP contribution in [0.5, 0.6) is 11.5 Å². The van der Waals surface area contributed by atoms with Crippen molar-refractivity contribution in [2.75, 3.05) is 19.0 Å². The number of hydrogen-bond donors (Lipinski definition) is 2. The molecule has 1 atom stereocenters. The first-order chi connectivity index (χ1) is 16.5. The molecular formula is C24H22N4O4S2. The van der Waals surface area contributed by atoms with Gasteiger partial charge < -0.3 is 14.8 Å². The number of aryl methyl sites for hydroxylation is 1. The summed E-state index contributed by atoms with van der Waals surface area (Å²) >= 11 is 2.50. The summed E-state index contributed by atoms with van der Waals surface area (Å²) in [6.07, 6.45) is 2.46. The van der Waals surface area contributed by atoms with E-state index in [-0.39, 0.29) is 23.3 Å². The average molecular weight is 495 g/mol. The molecular weight excluding hydrogens is 472 g/mol. The van der Waals surface area contributed by atoms with Gasteiger partial charge in [0.15, 0.2) is 23.9 Å². The van der Waals surface area contributed by atoms with Gasteiger partial charge in [-0.25, -0.2) is 0 Å². The first-order valence-corrected chi connectivity index (χ1v) is 12.1. The van der Waals surface area contributed by atoms with Crippen molar-refractivity contribution in [3.63, 3.8) is 0 Å². The van der Waals surface area contributed by atoms with E-state index in [1.807, 2.05) is 25.1 Å². The first-order valence-electron chi connectivity index (χ1n) is 10.5. The van der Waals surface area contributed by atoms with E-state index in [2.05, 4.69) is 15.5 Å². The van der Waals surface area contributed by atoms with E-state index >= 15 is 0 Å². The lowest BCUT2D eigenvalue weighted by Gasteiger charge is -2.11. The fraction of sp³-hybridized carbons (Fsp3) is 0.208. The van der Waals surface area contributed by atoms with Crippen molar-refractivity contribution in [1.82, 2.24) is 10.2 Å². The molecule has 2 heterocycles. The van der Waals surface area contributed by atoms with Crippen molar-refractivity contribution >= 4 is 51.6 Å². The zero-order valence-corrected chi connectivity index (χ0v) is 20.2. The number of carbonyl (C=O) groups excluding carboxylic acids is 2. The average Bonchev–Trinajstić information content (AvgIpc) is 3.42. The van der Waals surface area contributed by atoms with Crippen LogP contribution in [0.25, 0.3) is 6.08 Å². The van der Waals surface area contributed by atoms with Crippen molar-refractivity contribution in [2.45, 2.75) is 19.3 Å². The van der Waals surface area contributed by atoms with Crippen LogP contribution in [0, 0.1) is 5.41 Å². The third kappa shape index (κ3) is 5.35. The Balaban J connectivity index is 1.45. The highest BCUT2D eigenvalue weighted by atomic mass is 32.2. The minimum Gasteiger partial charge on any atom is -0.493 e. The maximum Gasteiger partial charge on any atom is 0.262 e. The number of amides is 1. The molecule has 0 saturated carbocycles. The number of hydrogen-bond acceptors (Lipinski definition) is 9. The van der Waals surface area contributed by atoms with Gasteiger partial charge in [0.1, 0.15) is 15.9 Å². The number of para-hydroxylation sites is 1. The van der Waals surface area contributed by atoms with Gasteiger partial charge in [-0.1, -0.05) is 43.0 Å².